The van der Waals surface area contributed by atoms with Crippen molar-refractivity contribution < 1.29 is 9.15 Å². The lowest BCUT2D eigenvalue weighted by Crippen LogP contribution is -2.52. The minimum Gasteiger partial charge on any atom is -0.468 e. The Kier molecular flexibility index (Phi) is 4.21. The van der Waals surface area contributed by atoms with E-state index in [4.69, 9.17) is 9.15 Å². The molecule has 1 aliphatic heterocycles. The van der Waals surface area contributed by atoms with Crippen molar-refractivity contribution in [3.63, 3.8) is 0 Å². The highest BCUT2D eigenvalue weighted by molar-refractivity contribution is 5.17. The molecule has 1 aromatic heterocycles. The molecule has 0 aromatic carbocycles. The van der Waals surface area contributed by atoms with E-state index in [1.165, 1.54) is 31.2 Å². The number of ether oxygens (including phenoxy) is 1. The van der Waals surface area contributed by atoms with Crippen molar-refractivity contribution >= 4 is 0 Å². The topological polar surface area (TPSA) is 37.6 Å². The minimum atomic E-state index is 0.449. The molecule has 19 heavy (non-hydrogen) atoms. The molecule has 106 valence electrons. The second-order valence-electron chi connectivity index (χ2n) is 5.63. The van der Waals surface area contributed by atoms with Gasteiger partial charge in [-0.15, -0.1) is 0 Å². The van der Waals surface area contributed by atoms with Crippen molar-refractivity contribution in [2.75, 3.05) is 20.2 Å². The minimum absolute atomic E-state index is 0.449. The van der Waals surface area contributed by atoms with Crippen LogP contribution in [0.3, 0.4) is 0 Å². The lowest BCUT2D eigenvalue weighted by atomic mass is 9.90. The summed E-state index contributed by atoms with van der Waals surface area (Å²) >= 11 is 0. The quantitative estimate of drug-likeness (QED) is 0.904. The van der Waals surface area contributed by atoms with E-state index in [0.29, 0.717) is 12.1 Å². The van der Waals surface area contributed by atoms with Crippen molar-refractivity contribution in [2.45, 2.75) is 50.9 Å². The summed E-state index contributed by atoms with van der Waals surface area (Å²) in [6.45, 7) is 3.70. The molecule has 2 heterocycles. The molecule has 1 aliphatic carbocycles. The Morgan fingerprint density at radius 1 is 1.37 bits per heavy atom. The molecule has 2 aliphatic rings. The highest BCUT2D eigenvalue weighted by Gasteiger charge is 2.34. The molecule has 1 saturated heterocycles. The van der Waals surface area contributed by atoms with E-state index < -0.39 is 0 Å². The average molecular weight is 264 g/mol. The largest absolute Gasteiger partial charge is 0.468 e. The van der Waals surface area contributed by atoms with E-state index in [1.807, 2.05) is 7.05 Å². The Hall–Kier alpha value is -0.840. The molecular weight excluding hydrogens is 240 g/mol. The maximum Gasteiger partial charge on any atom is 0.122 e. The normalized spacial score (nSPS) is 28.3. The van der Waals surface area contributed by atoms with Gasteiger partial charge in [-0.3, -0.25) is 4.90 Å². The molecule has 4 nitrogen and oxygen atoms in total. The van der Waals surface area contributed by atoms with E-state index in [9.17, 15) is 0 Å². The van der Waals surface area contributed by atoms with Gasteiger partial charge in [0.25, 0.3) is 0 Å². The van der Waals surface area contributed by atoms with Crippen molar-refractivity contribution in [1.29, 1.82) is 0 Å². The number of morpholine rings is 1. The fourth-order valence-electron chi connectivity index (χ4n) is 3.41. The van der Waals surface area contributed by atoms with Gasteiger partial charge < -0.3 is 14.5 Å². The summed E-state index contributed by atoms with van der Waals surface area (Å²) < 4.78 is 11.6. The second-order valence-corrected chi connectivity index (χ2v) is 5.63. The molecular formula is C15H24N2O2. The van der Waals surface area contributed by atoms with Crippen LogP contribution >= 0.6 is 0 Å². The highest BCUT2D eigenvalue weighted by Crippen LogP contribution is 2.30. The van der Waals surface area contributed by atoms with Crippen molar-refractivity contribution in [2.24, 2.45) is 0 Å². The van der Waals surface area contributed by atoms with E-state index in [-0.39, 0.29) is 0 Å². The zero-order valence-electron chi connectivity index (χ0n) is 11.7. The molecule has 0 amide bonds. The van der Waals surface area contributed by atoms with Gasteiger partial charge in [-0.05, 0) is 26.0 Å². The van der Waals surface area contributed by atoms with Gasteiger partial charge in [-0.1, -0.05) is 12.8 Å². The van der Waals surface area contributed by atoms with Crippen LogP contribution in [0.2, 0.25) is 0 Å². The van der Waals surface area contributed by atoms with Crippen LogP contribution in [0.25, 0.3) is 0 Å². The molecule has 2 unspecified atom stereocenters. The number of furan rings is 1. The number of hydrogen-bond acceptors (Lipinski definition) is 4. The zero-order valence-corrected chi connectivity index (χ0v) is 11.7. The third-order valence-corrected chi connectivity index (χ3v) is 4.40. The standard InChI is InChI=1S/C15H24N2O2/c1-16-10-12-6-8-18-15(12)11-17-7-9-19-14-5-3-2-4-13(14)17/h6,8,13-14,16H,2-5,7,9-11H2,1H3. The maximum absolute atomic E-state index is 5.92. The Morgan fingerprint density at radius 2 is 2.26 bits per heavy atom. The van der Waals surface area contributed by atoms with Gasteiger partial charge >= 0.3 is 0 Å². The first-order valence-corrected chi connectivity index (χ1v) is 7.44. The molecule has 0 bridgehead atoms. The molecule has 0 radical (unpaired) electrons. The number of nitrogens with one attached hydrogen (secondary N) is 1. The lowest BCUT2D eigenvalue weighted by Gasteiger charge is -2.43. The van der Waals surface area contributed by atoms with Crippen LogP contribution in [0.4, 0.5) is 0 Å². The first-order chi connectivity index (χ1) is 9.38. The fraction of sp³-hybridized carbons (Fsp3) is 0.733. The number of hydrogen-bond donors (Lipinski definition) is 1. The summed E-state index contributed by atoms with van der Waals surface area (Å²) in [6, 6.07) is 2.67. The van der Waals surface area contributed by atoms with Crippen LogP contribution in [0.5, 0.6) is 0 Å². The van der Waals surface area contributed by atoms with Gasteiger partial charge in [0.1, 0.15) is 5.76 Å². The molecule has 1 N–H and O–H groups in total. The average Bonchev–Trinajstić information content (AvgIpc) is 2.87. The Bertz CT molecular complexity index is 403. The van der Waals surface area contributed by atoms with Crippen LogP contribution < -0.4 is 5.32 Å². The van der Waals surface area contributed by atoms with E-state index in [2.05, 4.69) is 16.3 Å². The van der Waals surface area contributed by atoms with Crippen LogP contribution in [-0.2, 0) is 17.8 Å². The Morgan fingerprint density at radius 3 is 3.16 bits per heavy atom. The second kappa shape index (κ2) is 6.07. The Balaban J connectivity index is 1.69. The summed E-state index contributed by atoms with van der Waals surface area (Å²) in [5.74, 6) is 1.11. The number of fused-ring (bicyclic) bond motifs is 1. The first kappa shape index (κ1) is 13.2. The molecule has 2 atom stereocenters. The van der Waals surface area contributed by atoms with Gasteiger partial charge in [0.15, 0.2) is 0 Å². The maximum atomic E-state index is 5.92. The lowest BCUT2D eigenvalue weighted by molar-refractivity contribution is -0.0927. The summed E-state index contributed by atoms with van der Waals surface area (Å²) in [4.78, 5) is 2.56. The molecule has 1 aromatic rings. The van der Waals surface area contributed by atoms with Crippen LogP contribution in [0, 0.1) is 0 Å². The van der Waals surface area contributed by atoms with Crippen LogP contribution in [0.1, 0.15) is 37.0 Å². The SMILES string of the molecule is CNCc1ccoc1CN1CCOC2CCCCC21. The Labute approximate surface area is 115 Å². The van der Waals surface area contributed by atoms with Crippen LogP contribution in [-0.4, -0.2) is 37.2 Å². The van der Waals surface area contributed by atoms with E-state index in [1.54, 1.807) is 6.26 Å². The van der Waals surface area contributed by atoms with E-state index >= 15 is 0 Å². The third kappa shape index (κ3) is 2.86. The summed E-state index contributed by atoms with van der Waals surface area (Å²) in [5, 5.41) is 3.20. The van der Waals surface area contributed by atoms with Gasteiger partial charge in [-0.2, -0.15) is 0 Å². The summed E-state index contributed by atoms with van der Waals surface area (Å²) in [7, 11) is 1.97. The molecule has 0 spiro atoms. The third-order valence-electron chi connectivity index (χ3n) is 4.40. The molecule has 3 rings (SSSR count). The van der Waals surface area contributed by atoms with Gasteiger partial charge in [0, 0.05) is 24.7 Å². The number of rotatable bonds is 4. The van der Waals surface area contributed by atoms with E-state index in [0.717, 1.165) is 32.0 Å². The summed E-state index contributed by atoms with van der Waals surface area (Å²) in [5.41, 5.74) is 1.28. The van der Waals surface area contributed by atoms with Crippen molar-refractivity contribution in [3.05, 3.63) is 23.7 Å². The predicted molar refractivity (Wildman–Crippen MR) is 73.9 cm³/mol. The zero-order chi connectivity index (χ0) is 13.1. The van der Waals surface area contributed by atoms with Crippen molar-refractivity contribution in [3.8, 4) is 0 Å². The van der Waals surface area contributed by atoms with Gasteiger partial charge in [0.2, 0.25) is 0 Å². The van der Waals surface area contributed by atoms with Crippen molar-refractivity contribution in [1.82, 2.24) is 10.2 Å². The monoisotopic (exact) mass is 264 g/mol. The first-order valence-electron chi connectivity index (χ1n) is 7.44. The van der Waals surface area contributed by atoms with Gasteiger partial charge in [-0.25, -0.2) is 0 Å². The molecule has 2 fully saturated rings. The molecule has 1 saturated carbocycles. The number of nitrogens with zero attached hydrogens (tertiary/aromatic N) is 1. The fourth-order valence-corrected chi connectivity index (χ4v) is 3.41. The van der Waals surface area contributed by atoms with Crippen LogP contribution in [0.15, 0.2) is 16.7 Å². The predicted octanol–water partition coefficient (Wildman–Crippen LogP) is 2.14. The summed E-state index contributed by atoms with van der Waals surface area (Å²) in [6.07, 6.45) is 7.41. The smallest absolute Gasteiger partial charge is 0.122 e. The highest BCUT2D eigenvalue weighted by atomic mass is 16.5. The van der Waals surface area contributed by atoms with Gasteiger partial charge in [0.05, 0.1) is 25.5 Å². The molecule has 4 heteroatoms.